The Labute approximate surface area is 158 Å². The van der Waals surface area contributed by atoms with Crippen LogP contribution in [0.5, 0.6) is 0 Å². The van der Waals surface area contributed by atoms with Crippen molar-refractivity contribution < 1.29 is 19.2 Å². The highest BCUT2D eigenvalue weighted by Gasteiger charge is 2.31. The lowest BCUT2D eigenvalue weighted by molar-refractivity contribution is -0.152. The standard InChI is InChI=1S/C20H25N3O4/c1-13(2)14-6-8-15(9-7-14)19-21-17(27-22-19)10-11-18(24)23-12-4-3-5-16(23)20(25)26/h6-9,13,16H,3-5,10-12H2,1-2H3,(H,25,26). The minimum Gasteiger partial charge on any atom is -0.480 e. The molecule has 7 nitrogen and oxygen atoms in total. The van der Waals surface area contributed by atoms with Gasteiger partial charge >= 0.3 is 5.97 Å². The second kappa shape index (κ2) is 8.33. The van der Waals surface area contributed by atoms with E-state index in [0.29, 0.717) is 37.0 Å². The Morgan fingerprint density at radius 3 is 2.67 bits per heavy atom. The van der Waals surface area contributed by atoms with E-state index in [4.69, 9.17) is 4.52 Å². The topological polar surface area (TPSA) is 96.5 Å². The maximum absolute atomic E-state index is 12.4. The van der Waals surface area contributed by atoms with E-state index in [9.17, 15) is 14.7 Å². The van der Waals surface area contributed by atoms with Gasteiger partial charge < -0.3 is 14.5 Å². The van der Waals surface area contributed by atoms with Gasteiger partial charge in [-0.3, -0.25) is 4.79 Å². The second-order valence-corrected chi connectivity index (χ2v) is 7.23. The molecule has 0 bridgehead atoms. The third kappa shape index (κ3) is 4.53. The molecule has 27 heavy (non-hydrogen) atoms. The Kier molecular flexibility index (Phi) is 5.88. The molecule has 0 spiro atoms. The Balaban J connectivity index is 1.60. The number of carboxylic acid groups (broad SMARTS) is 1. The van der Waals surface area contributed by atoms with E-state index in [2.05, 4.69) is 24.0 Å². The van der Waals surface area contributed by atoms with Gasteiger partial charge in [-0.25, -0.2) is 4.79 Å². The van der Waals surface area contributed by atoms with Crippen molar-refractivity contribution in [1.82, 2.24) is 15.0 Å². The predicted octanol–water partition coefficient (Wildman–Crippen LogP) is 3.26. The van der Waals surface area contributed by atoms with Crippen molar-refractivity contribution in [3.63, 3.8) is 0 Å². The van der Waals surface area contributed by atoms with Gasteiger partial charge in [0.2, 0.25) is 17.6 Å². The van der Waals surface area contributed by atoms with E-state index in [-0.39, 0.29) is 12.3 Å². The van der Waals surface area contributed by atoms with Crippen LogP contribution in [0.25, 0.3) is 11.4 Å². The van der Waals surface area contributed by atoms with Crippen LogP contribution in [-0.4, -0.2) is 44.6 Å². The van der Waals surface area contributed by atoms with Crippen molar-refractivity contribution in [3.8, 4) is 11.4 Å². The summed E-state index contributed by atoms with van der Waals surface area (Å²) < 4.78 is 5.26. The zero-order valence-electron chi connectivity index (χ0n) is 15.7. The number of likely N-dealkylation sites (tertiary alicyclic amines) is 1. The SMILES string of the molecule is CC(C)c1ccc(-c2noc(CCC(=O)N3CCCCC3C(=O)O)n2)cc1. The molecule has 7 heteroatoms. The zero-order chi connectivity index (χ0) is 19.4. The maximum Gasteiger partial charge on any atom is 0.326 e. The fourth-order valence-electron chi connectivity index (χ4n) is 3.34. The van der Waals surface area contributed by atoms with E-state index in [1.807, 2.05) is 24.3 Å². The van der Waals surface area contributed by atoms with Gasteiger partial charge in [0.05, 0.1) is 0 Å². The minimum atomic E-state index is -0.937. The van der Waals surface area contributed by atoms with Crippen LogP contribution in [0.1, 0.15) is 56.9 Å². The summed E-state index contributed by atoms with van der Waals surface area (Å²) >= 11 is 0. The number of aromatic nitrogens is 2. The molecule has 1 aliphatic heterocycles. The molecular weight excluding hydrogens is 346 g/mol. The number of benzene rings is 1. The van der Waals surface area contributed by atoms with E-state index in [1.54, 1.807) is 0 Å². The smallest absolute Gasteiger partial charge is 0.326 e. The lowest BCUT2D eigenvalue weighted by Gasteiger charge is -2.32. The molecule has 144 valence electrons. The molecule has 1 N–H and O–H groups in total. The molecule has 1 aromatic heterocycles. The fraction of sp³-hybridized carbons (Fsp3) is 0.500. The lowest BCUT2D eigenvalue weighted by Crippen LogP contribution is -2.48. The summed E-state index contributed by atoms with van der Waals surface area (Å²) in [5.41, 5.74) is 2.10. The fourth-order valence-corrected chi connectivity index (χ4v) is 3.34. The van der Waals surface area contributed by atoms with Crippen LogP contribution in [0.4, 0.5) is 0 Å². The monoisotopic (exact) mass is 371 g/mol. The van der Waals surface area contributed by atoms with Crippen LogP contribution < -0.4 is 0 Å². The number of amides is 1. The predicted molar refractivity (Wildman–Crippen MR) is 99.1 cm³/mol. The molecular formula is C20H25N3O4. The number of hydrogen-bond acceptors (Lipinski definition) is 5. The van der Waals surface area contributed by atoms with Crippen LogP contribution in [0, 0.1) is 0 Å². The molecule has 1 fully saturated rings. The third-order valence-electron chi connectivity index (χ3n) is 4.96. The lowest BCUT2D eigenvalue weighted by atomic mass is 10.0. The van der Waals surface area contributed by atoms with E-state index in [1.165, 1.54) is 10.5 Å². The summed E-state index contributed by atoms with van der Waals surface area (Å²) in [7, 11) is 0. The first-order valence-electron chi connectivity index (χ1n) is 9.41. The summed E-state index contributed by atoms with van der Waals surface area (Å²) in [6, 6.07) is 7.29. The number of carbonyl (C=O) groups is 2. The van der Waals surface area contributed by atoms with Crippen molar-refractivity contribution in [3.05, 3.63) is 35.7 Å². The molecule has 0 saturated carbocycles. The number of hydrogen-bond donors (Lipinski definition) is 1. The first-order valence-corrected chi connectivity index (χ1v) is 9.41. The van der Waals surface area contributed by atoms with Crippen molar-refractivity contribution >= 4 is 11.9 Å². The highest BCUT2D eigenvalue weighted by molar-refractivity contribution is 5.84. The molecule has 1 atom stereocenters. The Morgan fingerprint density at radius 2 is 2.00 bits per heavy atom. The summed E-state index contributed by atoms with van der Waals surface area (Å²) in [4.78, 5) is 29.6. The van der Waals surface area contributed by atoms with Gasteiger partial charge in [0.25, 0.3) is 0 Å². The highest BCUT2D eigenvalue weighted by Crippen LogP contribution is 2.22. The number of carboxylic acids is 1. The molecule has 1 aliphatic rings. The number of carbonyl (C=O) groups excluding carboxylic acids is 1. The van der Waals surface area contributed by atoms with Gasteiger partial charge in [-0.05, 0) is 30.7 Å². The minimum absolute atomic E-state index is 0.164. The van der Waals surface area contributed by atoms with E-state index >= 15 is 0 Å². The molecule has 1 saturated heterocycles. The Morgan fingerprint density at radius 1 is 1.26 bits per heavy atom. The number of aryl methyl sites for hydroxylation is 1. The molecule has 1 amide bonds. The highest BCUT2D eigenvalue weighted by atomic mass is 16.5. The third-order valence-corrected chi connectivity index (χ3v) is 4.96. The average Bonchev–Trinajstić information content (AvgIpc) is 3.15. The Bertz CT molecular complexity index is 798. The second-order valence-electron chi connectivity index (χ2n) is 7.23. The molecule has 1 unspecified atom stereocenters. The summed E-state index contributed by atoms with van der Waals surface area (Å²) in [6.07, 6.45) is 2.66. The van der Waals surface area contributed by atoms with Gasteiger partial charge in [0, 0.05) is 24.9 Å². The Hall–Kier alpha value is -2.70. The summed E-state index contributed by atoms with van der Waals surface area (Å²) in [5, 5.41) is 13.3. The van der Waals surface area contributed by atoms with Gasteiger partial charge in [-0.15, -0.1) is 0 Å². The largest absolute Gasteiger partial charge is 0.480 e. The number of rotatable bonds is 6. The number of aliphatic carboxylic acids is 1. The zero-order valence-corrected chi connectivity index (χ0v) is 15.7. The van der Waals surface area contributed by atoms with Crippen LogP contribution >= 0.6 is 0 Å². The summed E-state index contributed by atoms with van der Waals surface area (Å²) in [5.74, 6) is 0.218. The van der Waals surface area contributed by atoms with Gasteiger partial charge in [-0.2, -0.15) is 4.98 Å². The summed E-state index contributed by atoms with van der Waals surface area (Å²) in [6.45, 7) is 4.76. The van der Waals surface area contributed by atoms with Gasteiger partial charge in [0.15, 0.2) is 0 Å². The molecule has 3 rings (SSSR count). The molecule has 0 aliphatic carbocycles. The maximum atomic E-state index is 12.4. The molecule has 2 aromatic rings. The number of nitrogens with zero attached hydrogens (tertiary/aromatic N) is 3. The van der Waals surface area contributed by atoms with Crippen molar-refractivity contribution in [2.75, 3.05) is 6.54 Å². The van der Waals surface area contributed by atoms with E-state index < -0.39 is 12.0 Å². The van der Waals surface area contributed by atoms with Crippen LogP contribution in [0.15, 0.2) is 28.8 Å². The van der Waals surface area contributed by atoms with Crippen molar-refractivity contribution in [2.24, 2.45) is 0 Å². The van der Waals surface area contributed by atoms with Gasteiger partial charge in [0.1, 0.15) is 6.04 Å². The molecule has 0 radical (unpaired) electrons. The van der Waals surface area contributed by atoms with Crippen molar-refractivity contribution in [1.29, 1.82) is 0 Å². The van der Waals surface area contributed by atoms with Crippen LogP contribution in [0.3, 0.4) is 0 Å². The molecule has 2 heterocycles. The number of piperidine rings is 1. The molecule has 1 aromatic carbocycles. The first kappa shape index (κ1) is 19.1. The quantitative estimate of drug-likeness (QED) is 0.837. The van der Waals surface area contributed by atoms with Crippen molar-refractivity contribution in [2.45, 2.75) is 57.9 Å². The van der Waals surface area contributed by atoms with Crippen LogP contribution in [0.2, 0.25) is 0 Å². The average molecular weight is 371 g/mol. The van der Waals surface area contributed by atoms with Crippen LogP contribution in [-0.2, 0) is 16.0 Å². The first-order chi connectivity index (χ1) is 13.0. The van der Waals surface area contributed by atoms with Gasteiger partial charge in [-0.1, -0.05) is 43.3 Å². The normalized spacial score (nSPS) is 17.3. The van der Waals surface area contributed by atoms with E-state index in [0.717, 1.165) is 18.4 Å².